The molecule has 0 spiro atoms. The van der Waals surface area contributed by atoms with E-state index in [1.165, 1.54) is 12.4 Å². The summed E-state index contributed by atoms with van der Waals surface area (Å²) in [6, 6.07) is 0.768. The zero-order chi connectivity index (χ0) is 12.3. The Morgan fingerprint density at radius 1 is 1.29 bits per heavy atom. The largest absolute Gasteiger partial charge is 0.338 e. The van der Waals surface area contributed by atoms with Gasteiger partial charge in [0.25, 0.3) is 0 Å². The highest BCUT2D eigenvalue weighted by Crippen LogP contribution is 2.24. The van der Waals surface area contributed by atoms with E-state index in [0.29, 0.717) is 18.0 Å². The lowest BCUT2D eigenvalue weighted by molar-refractivity contribution is 0.375. The van der Waals surface area contributed by atoms with E-state index in [9.17, 15) is 4.39 Å². The van der Waals surface area contributed by atoms with Crippen LogP contribution in [0.3, 0.4) is 0 Å². The lowest BCUT2D eigenvalue weighted by atomic mass is 9.91. The molecule has 1 heterocycles. The molecule has 1 aromatic heterocycles. The van der Waals surface area contributed by atoms with Crippen LogP contribution in [0.1, 0.15) is 32.6 Å². The van der Waals surface area contributed by atoms with Crippen molar-refractivity contribution in [3.05, 3.63) is 18.2 Å². The molecule has 1 aliphatic carbocycles. The van der Waals surface area contributed by atoms with E-state index in [0.717, 1.165) is 32.2 Å². The highest BCUT2D eigenvalue weighted by Gasteiger charge is 2.24. The van der Waals surface area contributed by atoms with Crippen LogP contribution >= 0.6 is 0 Å². The first kappa shape index (κ1) is 12.2. The third kappa shape index (κ3) is 2.91. The van der Waals surface area contributed by atoms with Crippen molar-refractivity contribution in [2.75, 3.05) is 11.4 Å². The van der Waals surface area contributed by atoms with Crippen LogP contribution in [0.4, 0.5) is 10.3 Å². The average molecular weight is 238 g/mol. The van der Waals surface area contributed by atoms with Gasteiger partial charge in [-0.25, -0.2) is 14.4 Å². The number of halogens is 1. The summed E-state index contributed by atoms with van der Waals surface area (Å²) >= 11 is 0. The van der Waals surface area contributed by atoms with Crippen LogP contribution in [-0.4, -0.2) is 28.6 Å². The smallest absolute Gasteiger partial charge is 0.225 e. The lowest BCUT2D eigenvalue weighted by Gasteiger charge is -2.35. The molecular formula is C12H19FN4. The Hall–Kier alpha value is -1.23. The zero-order valence-electron chi connectivity index (χ0n) is 10.1. The Morgan fingerprint density at radius 2 is 1.88 bits per heavy atom. The van der Waals surface area contributed by atoms with E-state index in [1.54, 1.807) is 0 Å². The van der Waals surface area contributed by atoms with Gasteiger partial charge in [0.1, 0.15) is 0 Å². The van der Waals surface area contributed by atoms with Gasteiger partial charge >= 0.3 is 0 Å². The molecule has 0 radical (unpaired) electrons. The molecule has 1 fully saturated rings. The first-order valence-corrected chi connectivity index (χ1v) is 6.20. The van der Waals surface area contributed by atoms with Crippen molar-refractivity contribution in [1.82, 2.24) is 9.97 Å². The van der Waals surface area contributed by atoms with E-state index in [-0.39, 0.29) is 0 Å². The number of hydrogen-bond acceptors (Lipinski definition) is 4. The van der Waals surface area contributed by atoms with E-state index >= 15 is 0 Å². The molecule has 0 saturated heterocycles. The van der Waals surface area contributed by atoms with Crippen molar-refractivity contribution < 1.29 is 4.39 Å². The second-order valence-corrected chi connectivity index (χ2v) is 4.56. The van der Waals surface area contributed by atoms with Crippen molar-refractivity contribution >= 4 is 5.95 Å². The van der Waals surface area contributed by atoms with E-state index < -0.39 is 5.82 Å². The average Bonchev–Trinajstić information content (AvgIpc) is 2.35. The lowest BCUT2D eigenvalue weighted by Crippen LogP contribution is -2.41. The quantitative estimate of drug-likeness (QED) is 0.871. The molecule has 4 nitrogen and oxygen atoms in total. The Bertz CT molecular complexity index is 346. The van der Waals surface area contributed by atoms with Crippen molar-refractivity contribution in [2.45, 2.75) is 44.7 Å². The van der Waals surface area contributed by atoms with Gasteiger partial charge < -0.3 is 10.6 Å². The van der Waals surface area contributed by atoms with Crippen LogP contribution in [0.5, 0.6) is 0 Å². The maximum Gasteiger partial charge on any atom is 0.225 e. The third-order valence-electron chi connectivity index (χ3n) is 3.39. The predicted octanol–water partition coefficient (Wildman–Crippen LogP) is 1.71. The standard InChI is InChI=1S/C12H19FN4/c1-2-17(11-5-3-10(14)4-6-11)12-15-7-9(13)8-16-12/h7-8,10-11H,2-6,14H2,1H3. The van der Waals surface area contributed by atoms with Crippen molar-refractivity contribution in [3.63, 3.8) is 0 Å². The van der Waals surface area contributed by atoms with Gasteiger partial charge in [0.2, 0.25) is 5.95 Å². The molecule has 0 atom stereocenters. The fourth-order valence-corrected chi connectivity index (χ4v) is 2.43. The Labute approximate surface area is 101 Å². The Kier molecular flexibility index (Phi) is 3.89. The van der Waals surface area contributed by atoms with Crippen LogP contribution in [0, 0.1) is 5.82 Å². The van der Waals surface area contributed by atoms with Crippen LogP contribution in [0.15, 0.2) is 12.4 Å². The topological polar surface area (TPSA) is 55.0 Å². The summed E-state index contributed by atoms with van der Waals surface area (Å²) in [6.45, 7) is 2.91. The van der Waals surface area contributed by atoms with Gasteiger partial charge in [-0.2, -0.15) is 0 Å². The fraction of sp³-hybridized carbons (Fsp3) is 0.667. The van der Waals surface area contributed by atoms with E-state index in [4.69, 9.17) is 5.73 Å². The number of anilines is 1. The molecule has 1 aromatic rings. The van der Waals surface area contributed by atoms with Crippen LogP contribution < -0.4 is 10.6 Å². The van der Waals surface area contributed by atoms with E-state index in [2.05, 4.69) is 21.8 Å². The van der Waals surface area contributed by atoms with Crippen LogP contribution in [-0.2, 0) is 0 Å². The first-order valence-electron chi connectivity index (χ1n) is 6.20. The molecule has 2 N–H and O–H groups in total. The molecular weight excluding hydrogens is 219 g/mol. The maximum absolute atomic E-state index is 12.8. The predicted molar refractivity (Wildman–Crippen MR) is 65.2 cm³/mol. The molecule has 0 amide bonds. The number of rotatable bonds is 3. The van der Waals surface area contributed by atoms with Gasteiger partial charge in [0.15, 0.2) is 5.82 Å². The summed E-state index contributed by atoms with van der Waals surface area (Å²) < 4.78 is 12.8. The van der Waals surface area contributed by atoms with Crippen molar-refractivity contribution in [2.24, 2.45) is 5.73 Å². The molecule has 17 heavy (non-hydrogen) atoms. The Balaban J connectivity index is 2.08. The molecule has 1 saturated carbocycles. The second-order valence-electron chi connectivity index (χ2n) is 4.56. The summed E-state index contributed by atoms with van der Waals surface area (Å²) in [5.74, 6) is 0.227. The molecule has 5 heteroatoms. The monoisotopic (exact) mass is 238 g/mol. The molecule has 0 bridgehead atoms. The summed E-state index contributed by atoms with van der Waals surface area (Å²) in [5, 5.41) is 0. The highest BCUT2D eigenvalue weighted by molar-refractivity contribution is 5.30. The van der Waals surface area contributed by atoms with Gasteiger partial charge in [-0.3, -0.25) is 0 Å². The number of nitrogens with two attached hydrogens (primary N) is 1. The van der Waals surface area contributed by atoms with Gasteiger partial charge in [-0.15, -0.1) is 0 Å². The SMILES string of the molecule is CCN(c1ncc(F)cn1)C1CCC(N)CC1. The highest BCUT2D eigenvalue weighted by atomic mass is 19.1. The summed E-state index contributed by atoms with van der Waals surface area (Å²) in [6.07, 6.45) is 6.66. The number of nitrogens with zero attached hydrogens (tertiary/aromatic N) is 3. The normalized spacial score (nSPS) is 24.6. The number of hydrogen-bond donors (Lipinski definition) is 1. The first-order chi connectivity index (χ1) is 8.20. The van der Waals surface area contributed by atoms with Gasteiger partial charge in [0.05, 0.1) is 12.4 Å². The van der Waals surface area contributed by atoms with Crippen molar-refractivity contribution in [1.29, 1.82) is 0 Å². The van der Waals surface area contributed by atoms with E-state index in [1.807, 2.05) is 0 Å². The van der Waals surface area contributed by atoms with Gasteiger partial charge in [-0.05, 0) is 32.6 Å². The molecule has 2 rings (SSSR count). The summed E-state index contributed by atoms with van der Waals surface area (Å²) in [5.41, 5.74) is 5.90. The van der Waals surface area contributed by atoms with Gasteiger partial charge in [0, 0.05) is 18.6 Å². The van der Waals surface area contributed by atoms with Crippen LogP contribution in [0.25, 0.3) is 0 Å². The summed E-state index contributed by atoms with van der Waals surface area (Å²) in [4.78, 5) is 10.2. The third-order valence-corrected chi connectivity index (χ3v) is 3.39. The molecule has 1 aliphatic rings. The fourth-order valence-electron chi connectivity index (χ4n) is 2.43. The maximum atomic E-state index is 12.8. The molecule has 94 valence electrons. The molecule has 0 aromatic carbocycles. The zero-order valence-corrected chi connectivity index (χ0v) is 10.1. The van der Waals surface area contributed by atoms with Gasteiger partial charge in [-0.1, -0.05) is 0 Å². The molecule has 0 unspecified atom stereocenters. The minimum atomic E-state index is -0.393. The minimum Gasteiger partial charge on any atom is -0.338 e. The number of aromatic nitrogens is 2. The second kappa shape index (κ2) is 5.40. The van der Waals surface area contributed by atoms with Crippen LogP contribution in [0.2, 0.25) is 0 Å². The summed E-state index contributed by atoms with van der Waals surface area (Å²) in [7, 11) is 0. The Morgan fingerprint density at radius 3 is 2.41 bits per heavy atom. The molecule has 0 aliphatic heterocycles. The van der Waals surface area contributed by atoms with Crippen molar-refractivity contribution in [3.8, 4) is 0 Å². The minimum absolute atomic E-state index is 0.332.